The first-order valence-corrected chi connectivity index (χ1v) is 9.07. The average Bonchev–Trinajstić information content (AvgIpc) is 3.11. The molecule has 7 nitrogen and oxygen atoms in total. The number of amides is 1. The zero-order valence-electron chi connectivity index (χ0n) is 15.8. The molecule has 8 heteroatoms. The van der Waals surface area contributed by atoms with Gasteiger partial charge in [-0.3, -0.25) is 4.79 Å². The summed E-state index contributed by atoms with van der Waals surface area (Å²) < 4.78 is 15.1. The van der Waals surface area contributed by atoms with Gasteiger partial charge in [0.25, 0.3) is 5.91 Å². The van der Waals surface area contributed by atoms with Gasteiger partial charge in [0.2, 0.25) is 5.95 Å². The summed E-state index contributed by atoms with van der Waals surface area (Å²) in [6, 6.07) is 4.25. The van der Waals surface area contributed by atoms with Crippen molar-refractivity contribution >= 4 is 11.6 Å². The lowest BCUT2D eigenvalue weighted by molar-refractivity contribution is 0.0712. The van der Waals surface area contributed by atoms with Crippen molar-refractivity contribution in [2.45, 2.75) is 40.2 Å². The molecule has 0 N–H and O–H groups in total. The Morgan fingerprint density at radius 3 is 2.81 bits per heavy atom. The van der Waals surface area contributed by atoms with Gasteiger partial charge in [0, 0.05) is 12.1 Å². The summed E-state index contributed by atoms with van der Waals surface area (Å²) in [6.07, 6.45) is 4.81. The maximum Gasteiger partial charge on any atom is 0.272 e. The minimum absolute atomic E-state index is 0.0937. The SMILES string of the molecule is CCCc1c(CN(CC(C)C)C(=O)c2cccc(F)n2)ncn2ncnc12. The Hall–Kier alpha value is -2.90. The number of halogens is 1. The van der Waals surface area contributed by atoms with Crippen LogP contribution in [0.2, 0.25) is 0 Å². The molecule has 142 valence electrons. The molecule has 0 aliphatic rings. The number of aromatic nitrogens is 5. The fraction of sp³-hybridized carbons (Fsp3) is 0.421. The lowest BCUT2D eigenvalue weighted by Gasteiger charge is -2.25. The Morgan fingerprint density at radius 2 is 2.11 bits per heavy atom. The molecule has 0 atom stereocenters. The van der Waals surface area contributed by atoms with Crippen LogP contribution in [0.15, 0.2) is 30.9 Å². The largest absolute Gasteiger partial charge is 0.331 e. The van der Waals surface area contributed by atoms with Gasteiger partial charge in [-0.15, -0.1) is 0 Å². The molecular weight excluding hydrogens is 347 g/mol. The fourth-order valence-corrected chi connectivity index (χ4v) is 3.05. The maximum absolute atomic E-state index is 13.5. The van der Waals surface area contributed by atoms with Crippen molar-refractivity contribution in [2.75, 3.05) is 6.54 Å². The molecule has 0 aliphatic heterocycles. The number of fused-ring (bicyclic) bond motifs is 1. The van der Waals surface area contributed by atoms with Crippen molar-refractivity contribution in [3.63, 3.8) is 0 Å². The normalized spacial score (nSPS) is 11.3. The van der Waals surface area contributed by atoms with E-state index in [9.17, 15) is 9.18 Å². The van der Waals surface area contributed by atoms with Gasteiger partial charge < -0.3 is 4.90 Å². The van der Waals surface area contributed by atoms with Crippen molar-refractivity contribution in [2.24, 2.45) is 5.92 Å². The van der Waals surface area contributed by atoms with Crippen molar-refractivity contribution < 1.29 is 9.18 Å². The van der Waals surface area contributed by atoms with Gasteiger partial charge >= 0.3 is 0 Å². The highest BCUT2D eigenvalue weighted by Gasteiger charge is 2.22. The van der Waals surface area contributed by atoms with Crippen LogP contribution in [0.1, 0.15) is 48.9 Å². The standard InChI is InChI=1S/C19H23FN6O/c1-4-6-14-16(22-12-26-18(14)21-11-23-26)10-25(9-13(2)3)19(27)15-7-5-8-17(20)24-15/h5,7-8,11-13H,4,6,9-10H2,1-3H3. The second kappa shape index (κ2) is 8.20. The highest BCUT2D eigenvalue weighted by atomic mass is 19.1. The first-order valence-electron chi connectivity index (χ1n) is 9.07. The maximum atomic E-state index is 13.5. The number of rotatable bonds is 7. The minimum atomic E-state index is -0.667. The van der Waals surface area contributed by atoms with Crippen LogP contribution in [0.5, 0.6) is 0 Å². The van der Waals surface area contributed by atoms with Crippen LogP contribution in [-0.4, -0.2) is 41.9 Å². The highest BCUT2D eigenvalue weighted by Crippen LogP contribution is 2.18. The summed E-state index contributed by atoms with van der Waals surface area (Å²) in [7, 11) is 0. The zero-order chi connectivity index (χ0) is 19.4. The van der Waals surface area contributed by atoms with E-state index in [1.165, 1.54) is 24.5 Å². The van der Waals surface area contributed by atoms with E-state index < -0.39 is 5.95 Å². The Balaban J connectivity index is 1.96. The molecule has 1 amide bonds. The number of carbonyl (C=O) groups excluding carboxylic acids is 1. The third-order valence-electron chi connectivity index (χ3n) is 4.16. The van der Waals surface area contributed by atoms with Gasteiger partial charge in [-0.05, 0) is 24.5 Å². The monoisotopic (exact) mass is 370 g/mol. The number of pyridine rings is 1. The Kier molecular flexibility index (Phi) is 5.73. The molecule has 0 bridgehead atoms. The number of hydrogen-bond acceptors (Lipinski definition) is 5. The molecule has 0 fully saturated rings. The lowest BCUT2D eigenvalue weighted by Crippen LogP contribution is -2.35. The average molecular weight is 370 g/mol. The van der Waals surface area contributed by atoms with Gasteiger partial charge in [0.15, 0.2) is 5.65 Å². The Labute approximate surface area is 157 Å². The quantitative estimate of drug-likeness (QED) is 0.598. The number of nitrogens with zero attached hydrogens (tertiary/aromatic N) is 6. The molecule has 0 spiro atoms. The molecule has 0 saturated carbocycles. The van der Waals surface area contributed by atoms with Gasteiger partial charge in [-0.25, -0.2) is 19.5 Å². The number of hydrogen-bond donors (Lipinski definition) is 0. The van der Waals surface area contributed by atoms with Crippen LogP contribution in [0.4, 0.5) is 4.39 Å². The molecule has 3 aromatic rings. The van der Waals surface area contributed by atoms with E-state index in [4.69, 9.17) is 0 Å². The number of carbonyl (C=O) groups is 1. The van der Waals surface area contributed by atoms with E-state index >= 15 is 0 Å². The molecule has 3 heterocycles. The van der Waals surface area contributed by atoms with E-state index in [-0.39, 0.29) is 17.5 Å². The van der Waals surface area contributed by atoms with E-state index in [0.717, 1.165) is 29.7 Å². The number of aryl methyl sites for hydroxylation is 1. The Bertz CT molecular complexity index is 939. The molecule has 0 aromatic carbocycles. The summed E-state index contributed by atoms with van der Waals surface area (Å²) in [5.41, 5.74) is 2.60. The smallest absolute Gasteiger partial charge is 0.272 e. The van der Waals surface area contributed by atoms with Crippen LogP contribution < -0.4 is 0 Å². The van der Waals surface area contributed by atoms with Gasteiger partial charge in [0.05, 0.1) is 12.2 Å². The highest BCUT2D eigenvalue weighted by molar-refractivity contribution is 5.92. The van der Waals surface area contributed by atoms with Crippen molar-refractivity contribution in [1.82, 2.24) is 29.5 Å². The zero-order valence-corrected chi connectivity index (χ0v) is 15.8. The van der Waals surface area contributed by atoms with E-state index in [1.54, 1.807) is 15.7 Å². The van der Waals surface area contributed by atoms with Crippen LogP contribution in [0.25, 0.3) is 5.65 Å². The van der Waals surface area contributed by atoms with Crippen LogP contribution in [-0.2, 0) is 13.0 Å². The molecule has 3 aromatic heterocycles. The molecule has 0 aliphatic carbocycles. The summed E-state index contributed by atoms with van der Waals surface area (Å²) in [6.45, 7) is 6.97. The molecule has 0 unspecified atom stereocenters. The van der Waals surface area contributed by atoms with Gasteiger partial charge in [-0.1, -0.05) is 33.3 Å². The first-order chi connectivity index (χ1) is 13.0. The first kappa shape index (κ1) is 18.9. The summed E-state index contributed by atoms with van der Waals surface area (Å²) >= 11 is 0. The van der Waals surface area contributed by atoms with Crippen molar-refractivity contribution in [3.8, 4) is 0 Å². The van der Waals surface area contributed by atoms with Crippen molar-refractivity contribution in [3.05, 3.63) is 53.8 Å². The molecular formula is C19H23FN6O. The predicted octanol–water partition coefficient (Wildman–Crippen LogP) is 2.91. The third kappa shape index (κ3) is 4.27. The molecule has 0 saturated heterocycles. The second-order valence-electron chi connectivity index (χ2n) is 6.87. The summed E-state index contributed by atoms with van der Waals surface area (Å²) in [5.74, 6) is -0.734. The van der Waals surface area contributed by atoms with Gasteiger partial charge in [-0.2, -0.15) is 9.49 Å². The van der Waals surface area contributed by atoms with Gasteiger partial charge in [0.1, 0.15) is 18.3 Å². The minimum Gasteiger partial charge on any atom is -0.331 e. The predicted molar refractivity (Wildman–Crippen MR) is 98.6 cm³/mol. The van der Waals surface area contributed by atoms with Crippen LogP contribution >= 0.6 is 0 Å². The second-order valence-corrected chi connectivity index (χ2v) is 6.87. The van der Waals surface area contributed by atoms with E-state index in [1.807, 2.05) is 13.8 Å². The topological polar surface area (TPSA) is 76.3 Å². The fourth-order valence-electron chi connectivity index (χ4n) is 3.05. The summed E-state index contributed by atoms with van der Waals surface area (Å²) in [4.78, 5) is 27.2. The molecule has 0 radical (unpaired) electrons. The lowest BCUT2D eigenvalue weighted by atomic mass is 10.1. The van der Waals surface area contributed by atoms with E-state index in [2.05, 4.69) is 27.0 Å². The van der Waals surface area contributed by atoms with E-state index in [0.29, 0.717) is 13.1 Å². The Morgan fingerprint density at radius 1 is 1.30 bits per heavy atom. The van der Waals surface area contributed by atoms with Crippen LogP contribution in [0, 0.1) is 11.9 Å². The van der Waals surface area contributed by atoms with Crippen molar-refractivity contribution in [1.29, 1.82) is 0 Å². The summed E-state index contributed by atoms with van der Waals surface area (Å²) in [5, 5.41) is 4.13. The third-order valence-corrected chi connectivity index (χ3v) is 4.16. The molecule has 27 heavy (non-hydrogen) atoms. The van der Waals surface area contributed by atoms with Crippen LogP contribution in [0.3, 0.4) is 0 Å². The molecule has 3 rings (SSSR count).